The molecule has 0 spiro atoms. The third-order valence-corrected chi connectivity index (χ3v) is 7.65. The molecule has 0 unspecified atom stereocenters. The molecule has 2 aliphatic rings. The van der Waals surface area contributed by atoms with Crippen molar-refractivity contribution in [3.63, 3.8) is 0 Å². The fourth-order valence-corrected chi connectivity index (χ4v) is 6.30. The fourth-order valence-electron chi connectivity index (χ4n) is 6.30. The van der Waals surface area contributed by atoms with Gasteiger partial charge >= 0.3 is 0 Å². The molecule has 0 fully saturated rings. The van der Waals surface area contributed by atoms with Gasteiger partial charge in [0, 0.05) is 17.4 Å². The van der Waals surface area contributed by atoms with Crippen molar-refractivity contribution in [2.24, 2.45) is 0 Å². The first-order chi connectivity index (χ1) is 16.7. The zero-order chi connectivity index (χ0) is 22.8. The van der Waals surface area contributed by atoms with Crippen molar-refractivity contribution in [2.45, 2.75) is 18.8 Å². The van der Waals surface area contributed by atoms with Crippen LogP contribution in [0.2, 0.25) is 0 Å². The average Bonchev–Trinajstić information content (AvgIpc) is 3.37. The molecule has 7 rings (SSSR count). The molecule has 162 valence electrons. The number of aryl methyl sites for hydroxylation is 1. The van der Waals surface area contributed by atoms with E-state index in [-0.39, 0.29) is 17.7 Å². The Kier molecular flexibility index (Phi) is 4.17. The van der Waals surface area contributed by atoms with Crippen LogP contribution in [0.25, 0.3) is 22.3 Å². The van der Waals surface area contributed by atoms with Gasteiger partial charge in [-0.05, 0) is 68.6 Å². The summed E-state index contributed by atoms with van der Waals surface area (Å²) in [4.78, 5) is 0. The Labute approximate surface area is 199 Å². The van der Waals surface area contributed by atoms with Crippen LogP contribution in [0, 0.1) is 12.7 Å². The number of benzene rings is 5. The minimum Gasteiger partial charge on any atom is -0.207 e. The Morgan fingerprint density at radius 2 is 0.882 bits per heavy atom. The van der Waals surface area contributed by atoms with Crippen molar-refractivity contribution in [3.8, 4) is 22.3 Å². The molecule has 0 radical (unpaired) electrons. The van der Waals surface area contributed by atoms with E-state index in [2.05, 4.69) is 110 Å². The van der Waals surface area contributed by atoms with Crippen molar-refractivity contribution < 1.29 is 4.39 Å². The molecule has 0 nitrogen and oxygen atoms in total. The molecule has 0 saturated carbocycles. The van der Waals surface area contributed by atoms with Gasteiger partial charge in [0.1, 0.15) is 5.82 Å². The third kappa shape index (κ3) is 2.64. The van der Waals surface area contributed by atoms with Crippen molar-refractivity contribution >= 4 is 0 Å². The van der Waals surface area contributed by atoms with E-state index in [1.54, 1.807) is 6.07 Å². The Balaban J connectivity index is 1.42. The van der Waals surface area contributed by atoms with Gasteiger partial charge in [0.15, 0.2) is 0 Å². The van der Waals surface area contributed by atoms with Crippen LogP contribution in [-0.4, -0.2) is 0 Å². The van der Waals surface area contributed by atoms with E-state index in [1.165, 1.54) is 44.5 Å². The van der Waals surface area contributed by atoms with Gasteiger partial charge in [-0.1, -0.05) is 103 Å². The molecule has 5 aromatic rings. The molecule has 0 saturated heterocycles. The Hall–Kier alpha value is -3.97. The second-order valence-electron chi connectivity index (χ2n) is 9.45. The minimum absolute atomic E-state index is 0.0535. The number of halogens is 1. The summed E-state index contributed by atoms with van der Waals surface area (Å²) >= 11 is 0. The van der Waals surface area contributed by atoms with Crippen LogP contribution in [-0.2, 0) is 0 Å². The van der Waals surface area contributed by atoms with Crippen molar-refractivity contribution in [2.75, 3.05) is 0 Å². The smallest absolute Gasteiger partial charge is 0.127 e. The molecule has 0 N–H and O–H groups in total. The van der Waals surface area contributed by atoms with Crippen molar-refractivity contribution in [1.82, 2.24) is 0 Å². The van der Waals surface area contributed by atoms with Gasteiger partial charge in [-0.2, -0.15) is 0 Å². The van der Waals surface area contributed by atoms with E-state index in [9.17, 15) is 0 Å². The highest BCUT2D eigenvalue weighted by Gasteiger charge is 2.34. The molecule has 0 amide bonds. The third-order valence-electron chi connectivity index (χ3n) is 7.65. The van der Waals surface area contributed by atoms with Gasteiger partial charge in [0.05, 0.1) is 0 Å². The molecule has 0 aromatic heterocycles. The van der Waals surface area contributed by atoms with E-state index in [0.29, 0.717) is 0 Å². The van der Waals surface area contributed by atoms with Crippen molar-refractivity contribution in [3.05, 3.63) is 154 Å². The molecule has 2 aliphatic carbocycles. The van der Waals surface area contributed by atoms with E-state index in [4.69, 9.17) is 0 Å². The second-order valence-corrected chi connectivity index (χ2v) is 9.45. The molecule has 34 heavy (non-hydrogen) atoms. The predicted molar refractivity (Wildman–Crippen MR) is 137 cm³/mol. The summed E-state index contributed by atoms with van der Waals surface area (Å²) in [6.45, 7) is 2.07. The largest absolute Gasteiger partial charge is 0.207 e. The molecule has 1 heteroatoms. The first-order valence-corrected chi connectivity index (χ1v) is 11.9. The van der Waals surface area contributed by atoms with Crippen LogP contribution in [0.5, 0.6) is 0 Å². The fraction of sp³-hybridized carbons (Fsp3) is 0.0909. The van der Waals surface area contributed by atoms with Gasteiger partial charge in [0.2, 0.25) is 0 Å². The van der Waals surface area contributed by atoms with Crippen LogP contribution in [0.3, 0.4) is 0 Å². The molecule has 0 heterocycles. The monoisotopic (exact) mass is 438 g/mol. The Bertz CT molecular complexity index is 1480. The molecule has 5 aromatic carbocycles. The summed E-state index contributed by atoms with van der Waals surface area (Å²) in [5.74, 6) is -0.143. The maximum atomic E-state index is 16.2. The maximum Gasteiger partial charge on any atom is 0.127 e. The van der Waals surface area contributed by atoms with Gasteiger partial charge in [0.25, 0.3) is 0 Å². The number of rotatable bonds is 2. The Morgan fingerprint density at radius 3 is 1.29 bits per heavy atom. The quantitative estimate of drug-likeness (QED) is 0.254. The number of hydrogen-bond acceptors (Lipinski definition) is 0. The van der Waals surface area contributed by atoms with E-state index < -0.39 is 0 Å². The zero-order valence-corrected chi connectivity index (χ0v) is 18.9. The minimum atomic E-state index is -0.117. The molecule has 0 aliphatic heterocycles. The number of hydrogen-bond donors (Lipinski definition) is 0. The van der Waals surface area contributed by atoms with E-state index >= 15 is 4.39 Å². The summed E-state index contributed by atoms with van der Waals surface area (Å²) in [6, 6.07) is 37.9. The topological polar surface area (TPSA) is 0 Å². The SMILES string of the molecule is Cc1cc(C2c3ccccc3-c3ccccc32)cc(F)c1C1c2ccccc2-c2ccccc21. The maximum absolute atomic E-state index is 16.2. The summed E-state index contributed by atoms with van der Waals surface area (Å²) in [7, 11) is 0. The first kappa shape index (κ1) is 19.5. The average molecular weight is 439 g/mol. The summed E-state index contributed by atoms with van der Waals surface area (Å²) < 4.78 is 16.2. The molecular formula is C33H23F. The lowest BCUT2D eigenvalue weighted by molar-refractivity contribution is 0.603. The Morgan fingerprint density at radius 1 is 0.500 bits per heavy atom. The van der Waals surface area contributed by atoms with Gasteiger partial charge < -0.3 is 0 Å². The predicted octanol–water partition coefficient (Wildman–Crippen LogP) is 8.46. The molecular weight excluding hydrogens is 415 g/mol. The van der Waals surface area contributed by atoms with Crippen LogP contribution in [0.1, 0.15) is 50.8 Å². The van der Waals surface area contributed by atoms with Crippen molar-refractivity contribution in [1.29, 1.82) is 0 Å². The highest BCUT2D eigenvalue weighted by molar-refractivity contribution is 5.82. The van der Waals surface area contributed by atoms with Crippen LogP contribution >= 0.6 is 0 Å². The lowest BCUT2D eigenvalue weighted by Crippen LogP contribution is -2.08. The summed E-state index contributed by atoms with van der Waals surface area (Å²) in [5, 5.41) is 0. The normalized spacial score (nSPS) is 13.9. The second kappa shape index (κ2) is 7.27. The zero-order valence-electron chi connectivity index (χ0n) is 18.9. The highest BCUT2D eigenvalue weighted by Crippen LogP contribution is 2.51. The lowest BCUT2D eigenvalue weighted by atomic mass is 9.82. The standard InChI is InChI=1S/C33H23F/c1-20-18-21(32-26-14-6-2-10-22(26)23-11-3-7-15-27(23)32)19-30(34)31(20)33-28-16-8-4-12-24(28)25-13-5-9-17-29(25)33/h2-19,32-33H,1H3. The summed E-state index contributed by atoms with van der Waals surface area (Å²) in [5.41, 5.74) is 12.6. The van der Waals surface area contributed by atoms with E-state index in [0.717, 1.165) is 16.7 Å². The molecule has 0 bridgehead atoms. The number of fused-ring (bicyclic) bond motifs is 6. The summed E-state index contributed by atoms with van der Waals surface area (Å²) in [6.07, 6.45) is 0. The van der Waals surface area contributed by atoms with Crippen LogP contribution in [0.15, 0.2) is 109 Å². The van der Waals surface area contributed by atoms with Crippen LogP contribution < -0.4 is 0 Å². The van der Waals surface area contributed by atoms with Gasteiger partial charge in [-0.3, -0.25) is 0 Å². The lowest BCUT2D eigenvalue weighted by Gasteiger charge is -2.21. The first-order valence-electron chi connectivity index (χ1n) is 11.9. The van der Waals surface area contributed by atoms with Gasteiger partial charge in [-0.15, -0.1) is 0 Å². The highest BCUT2D eigenvalue weighted by atomic mass is 19.1. The van der Waals surface area contributed by atoms with E-state index in [1.807, 2.05) is 0 Å². The van der Waals surface area contributed by atoms with Gasteiger partial charge in [-0.25, -0.2) is 4.39 Å². The van der Waals surface area contributed by atoms with Crippen LogP contribution in [0.4, 0.5) is 4.39 Å². The molecule has 0 atom stereocenters.